The summed E-state index contributed by atoms with van der Waals surface area (Å²) < 4.78 is 4.52. The molecule has 0 N–H and O–H groups in total. The van der Waals surface area contributed by atoms with Crippen LogP contribution in [0, 0.1) is 0 Å². The van der Waals surface area contributed by atoms with Gasteiger partial charge in [0.2, 0.25) is 5.95 Å². The third-order valence-electron chi connectivity index (χ3n) is 11.2. The summed E-state index contributed by atoms with van der Waals surface area (Å²) in [5.41, 5.74) is 12.4. The smallest absolute Gasteiger partial charge is 0.238 e. The zero-order valence-corrected chi connectivity index (χ0v) is 29.3. The Kier molecular flexibility index (Phi) is 6.23. The Hall–Kier alpha value is -6.85. The fourth-order valence-corrected chi connectivity index (χ4v) is 8.67. The molecule has 0 spiro atoms. The van der Waals surface area contributed by atoms with Gasteiger partial charge in [0.05, 0.1) is 22.1 Å². The van der Waals surface area contributed by atoms with Gasteiger partial charge in [-0.05, 0) is 64.7 Å². The second kappa shape index (κ2) is 11.1. The summed E-state index contributed by atoms with van der Waals surface area (Å²) in [4.78, 5) is 15.9. The highest BCUT2D eigenvalue weighted by Gasteiger charge is 2.35. The van der Waals surface area contributed by atoms with E-state index < -0.39 is 0 Å². The highest BCUT2D eigenvalue weighted by molar-refractivity contribution is 6.10. The number of hydrogen-bond donors (Lipinski definition) is 0. The molecule has 0 amide bonds. The lowest BCUT2D eigenvalue weighted by molar-refractivity contribution is 0.660. The first-order valence-corrected chi connectivity index (χ1v) is 18.1. The van der Waals surface area contributed by atoms with Gasteiger partial charge in [-0.15, -0.1) is 0 Å². The molecule has 7 aromatic carbocycles. The number of hydrogen-bond acceptors (Lipinski definition) is 3. The molecule has 11 rings (SSSR count). The van der Waals surface area contributed by atoms with Crippen molar-refractivity contribution in [3.63, 3.8) is 0 Å². The van der Waals surface area contributed by atoms with Gasteiger partial charge in [0, 0.05) is 43.8 Å². The van der Waals surface area contributed by atoms with E-state index in [-0.39, 0.29) is 5.41 Å². The topological polar surface area (TPSA) is 48.5 Å². The van der Waals surface area contributed by atoms with Gasteiger partial charge in [-0.3, -0.25) is 4.57 Å². The molecule has 0 unspecified atom stereocenters. The van der Waals surface area contributed by atoms with Gasteiger partial charge in [0.1, 0.15) is 0 Å². The van der Waals surface area contributed by atoms with Gasteiger partial charge in [-0.2, -0.15) is 9.97 Å². The molecular weight excluding hydrogens is 647 g/mol. The summed E-state index contributed by atoms with van der Waals surface area (Å²) in [6, 6.07) is 58.2. The number of para-hydroxylation sites is 4. The highest BCUT2D eigenvalue weighted by atomic mass is 15.2. The lowest BCUT2D eigenvalue weighted by Crippen LogP contribution is -2.15. The van der Waals surface area contributed by atoms with Crippen LogP contribution in [0.1, 0.15) is 25.0 Å². The molecule has 0 saturated carbocycles. The largest absolute Gasteiger partial charge is 0.309 e. The van der Waals surface area contributed by atoms with Gasteiger partial charge < -0.3 is 4.57 Å². The van der Waals surface area contributed by atoms with Gasteiger partial charge in [-0.1, -0.05) is 135 Å². The van der Waals surface area contributed by atoms with Crippen LogP contribution in [-0.2, 0) is 5.41 Å². The molecule has 10 aromatic rings. The monoisotopic (exact) mass is 679 g/mol. The molecule has 3 heterocycles. The van der Waals surface area contributed by atoms with Crippen molar-refractivity contribution >= 4 is 43.6 Å². The maximum absolute atomic E-state index is 5.30. The number of rotatable bonds is 4. The fourth-order valence-electron chi connectivity index (χ4n) is 8.67. The Bertz CT molecular complexity index is 3040. The normalized spacial score (nSPS) is 13.2. The lowest BCUT2D eigenvalue weighted by Gasteiger charge is -2.21. The van der Waals surface area contributed by atoms with E-state index in [1.807, 2.05) is 0 Å². The van der Waals surface area contributed by atoms with Crippen LogP contribution in [0.3, 0.4) is 0 Å². The van der Waals surface area contributed by atoms with E-state index in [0.29, 0.717) is 17.6 Å². The molecule has 0 aliphatic heterocycles. The average Bonchev–Trinajstić information content (AvgIpc) is 3.81. The van der Waals surface area contributed by atoms with Crippen molar-refractivity contribution in [2.45, 2.75) is 19.3 Å². The molecule has 0 saturated heterocycles. The highest BCUT2D eigenvalue weighted by Crippen LogP contribution is 2.49. The molecule has 0 bridgehead atoms. The van der Waals surface area contributed by atoms with E-state index in [1.54, 1.807) is 0 Å². The minimum atomic E-state index is -0.149. The first kappa shape index (κ1) is 29.8. The zero-order chi connectivity index (χ0) is 35.3. The van der Waals surface area contributed by atoms with Gasteiger partial charge in [-0.25, -0.2) is 4.98 Å². The first-order chi connectivity index (χ1) is 26.0. The van der Waals surface area contributed by atoms with E-state index in [2.05, 4.69) is 187 Å². The molecular formula is C48H33N5. The Morgan fingerprint density at radius 2 is 0.906 bits per heavy atom. The quantitative estimate of drug-likeness (QED) is 0.186. The van der Waals surface area contributed by atoms with Crippen molar-refractivity contribution in [1.82, 2.24) is 24.1 Å². The van der Waals surface area contributed by atoms with Crippen molar-refractivity contribution < 1.29 is 0 Å². The van der Waals surface area contributed by atoms with Crippen LogP contribution in [0.5, 0.6) is 0 Å². The molecule has 1 aliphatic carbocycles. The van der Waals surface area contributed by atoms with Gasteiger partial charge >= 0.3 is 0 Å². The summed E-state index contributed by atoms with van der Waals surface area (Å²) in [7, 11) is 0. The Morgan fingerprint density at radius 3 is 1.58 bits per heavy atom. The second-order valence-electron chi connectivity index (χ2n) is 14.5. The van der Waals surface area contributed by atoms with Crippen molar-refractivity contribution in [2.24, 2.45) is 0 Å². The molecule has 5 nitrogen and oxygen atoms in total. The number of nitrogens with zero attached hydrogens (tertiary/aromatic N) is 5. The number of aromatic nitrogens is 5. The molecule has 0 fully saturated rings. The van der Waals surface area contributed by atoms with E-state index in [1.165, 1.54) is 33.0 Å². The van der Waals surface area contributed by atoms with E-state index in [4.69, 9.17) is 15.0 Å². The van der Waals surface area contributed by atoms with Crippen LogP contribution in [-0.4, -0.2) is 24.1 Å². The minimum Gasteiger partial charge on any atom is -0.309 e. The Morgan fingerprint density at radius 1 is 0.396 bits per heavy atom. The van der Waals surface area contributed by atoms with Crippen LogP contribution < -0.4 is 0 Å². The van der Waals surface area contributed by atoms with Crippen LogP contribution in [0.15, 0.2) is 164 Å². The average molecular weight is 680 g/mol. The molecule has 0 radical (unpaired) electrons. The third-order valence-corrected chi connectivity index (χ3v) is 11.2. The van der Waals surface area contributed by atoms with Gasteiger partial charge in [0.25, 0.3) is 0 Å². The van der Waals surface area contributed by atoms with Crippen molar-refractivity contribution in [2.75, 3.05) is 0 Å². The van der Waals surface area contributed by atoms with E-state index in [0.717, 1.165) is 49.7 Å². The summed E-state index contributed by atoms with van der Waals surface area (Å²) in [5.74, 6) is 1.86. The predicted octanol–water partition coefficient (Wildman–Crippen LogP) is 11.7. The van der Waals surface area contributed by atoms with E-state index >= 15 is 0 Å². The lowest BCUT2D eigenvalue weighted by atomic mass is 9.82. The molecule has 53 heavy (non-hydrogen) atoms. The van der Waals surface area contributed by atoms with Crippen molar-refractivity contribution in [3.05, 3.63) is 175 Å². The zero-order valence-electron chi connectivity index (χ0n) is 29.3. The summed E-state index contributed by atoms with van der Waals surface area (Å²) in [5, 5.41) is 4.72. The van der Waals surface area contributed by atoms with Gasteiger partial charge in [0.15, 0.2) is 11.6 Å². The maximum Gasteiger partial charge on any atom is 0.238 e. The van der Waals surface area contributed by atoms with Crippen molar-refractivity contribution in [3.8, 4) is 45.5 Å². The minimum absolute atomic E-state index is 0.149. The van der Waals surface area contributed by atoms with Crippen LogP contribution in [0.2, 0.25) is 0 Å². The third kappa shape index (κ3) is 4.34. The van der Waals surface area contributed by atoms with E-state index in [9.17, 15) is 0 Å². The fraction of sp³-hybridized carbons (Fsp3) is 0.0625. The Labute approximate surface area is 306 Å². The van der Waals surface area contributed by atoms with Crippen LogP contribution in [0.25, 0.3) is 89.2 Å². The summed E-state index contributed by atoms with van der Waals surface area (Å²) >= 11 is 0. The Balaban J connectivity index is 1.18. The standard InChI is InChI=1S/C48H33N5/c1-48(2)39-20-10-6-16-33(39)34-26-24-30(28-40(34)48)45-49-46(51-47(50-45)53-42-22-12-8-17-35(42)36-18-9-13-23-43(36)53)31-25-27-38-37-19-7-11-21-41(37)52(44(38)29-31)32-14-4-3-5-15-32/h3-29H,1-2H3. The summed E-state index contributed by atoms with van der Waals surface area (Å²) in [6.45, 7) is 4.62. The number of fused-ring (bicyclic) bond motifs is 9. The second-order valence-corrected chi connectivity index (χ2v) is 14.5. The molecule has 5 heteroatoms. The van der Waals surface area contributed by atoms with Crippen molar-refractivity contribution in [1.29, 1.82) is 0 Å². The molecule has 250 valence electrons. The van der Waals surface area contributed by atoms with Crippen LogP contribution >= 0.6 is 0 Å². The van der Waals surface area contributed by atoms with Crippen LogP contribution in [0.4, 0.5) is 0 Å². The summed E-state index contributed by atoms with van der Waals surface area (Å²) in [6.07, 6.45) is 0. The molecule has 3 aromatic heterocycles. The number of benzene rings is 7. The SMILES string of the molecule is CC1(C)c2ccccc2-c2ccc(-c3nc(-c4ccc5c6ccccc6n(-c6ccccc6)c5c4)nc(-n4c5ccccc5c5ccccc54)n3)cc21. The maximum atomic E-state index is 5.30. The first-order valence-electron chi connectivity index (χ1n) is 18.1. The molecule has 0 atom stereocenters. The predicted molar refractivity (Wildman–Crippen MR) is 217 cm³/mol. The molecule has 1 aliphatic rings.